The second-order valence-electron chi connectivity index (χ2n) is 4.51. The van der Waals surface area contributed by atoms with Crippen molar-refractivity contribution in [2.45, 2.75) is 37.7 Å². The SMILES string of the molecule is CCC(=O)NC1CC2(C=C(Br)C(=O)C(Br)=C2)OC1O. The fourth-order valence-electron chi connectivity index (χ4n) is 2.13. The highest BCUT2D eigenvalue weighted by Crippen LogP contribution is 2.39. The molecule has 1 aliphatic heterocycles. The molecule has 2 unspecified atom stereocenters. The molecule has 2 atom stereocenters. The molecule has 1 spiro atoms. The lowest BCUT2D eigenvalue weighted by atomic mass is 9.92. The molecule has 1 aliphatic carbocycles. The Morgan fingerprint density at radius 3 is 2.63 bits per heavy atom. The van der Waals surface area contributed by atoms with Gasteiger partial charge in [0.15, 0.2) is 6.29 Å². The lowest BCUT2D eigenvalue weighted by molar-refractivity contribution is -0.129. The number of Topliss-reactive ketones (excluding diaryl/α,β-unsaturated/α-hetero) is 1. The molecule has 5 nitrogen and oxygen atoms in total. The molecule has 0 saturated carbocycles. The molecule has 0 radical (unpaired) electrons. The van der Waals surface area contributed by atoms with Crippen LogP contribution in [-0.4, -0.2) is 34.7 Å². The largest absolute Gasteiger partial charge is 0.366 e. The van der Waals surface area contributed by atoms with Crippen LogP contribution in [0.5, 0.6) is 0 Å². The first-order valence-corrected chi connectivity index (χ1v) is 7.42. The van der Waals surface area contributed by atoms with Crippen LogP contribution in [0.15, 0.2) is 21.1 Å². The van der Waals surface area contributed by atoms with Crippen LogP contribution >= 0.6 is 31.9 Å². The lowest BCUT2D eigenvalue weighted by Crippen LogP contribution is -2.40. The van der Waals surface area contributed by atoms with Gasteiger partial charge >= 0.3 is 0 Å². The molecule has 19 heavy (non-hydrogen) atoms. The van der Waals surface area contributed by atoms with E-state index >= 15 is 0 Å². The van der Waals surface area contributed by atoms with Crippen molar-refractivity contribution in [1.82, 2.24) is 5.32 Å². The van der Waals surface area contributed by atoms with Gasteiger partial charge in [-0.3, -0.25) is 9.59 Å². The second-order valence-corrected chi connectivity index (χ2v) is 6.22. The number of carbonyl (C=O) groups excluding carboxylic acids is 2. The van der Waals surface area contributed by atoms with E-state index in [1.807, 2.05) is 0 Å². The van der Waals surface area contributed by atoms with Crippen molar-refractivity contribution in [3.8, 4) is 0 Å². The third kappa shape index (κ3) is 2.99. The minimum absolute atomic E-state index is 0.150. The van der Waals surface area contributed by atoms with E-state index in [1.165, 1.54) is 0 Å². The van der Waals surface area contributed by atoms with Crippen LogP contribution < -0.4 is 5.32 Å². The third-order valence-electron chi connectivity index (χ3n) is 3.07. The number of rotatable bonds is 2. The van der Waals surface area contributed by atoms with Crippen LogP contribution in [0.1, 0.15) is 19.8 Å². The Morgan fingerprint density at radius 2 is 2.11 bits per heavy atom. The Bertz CT molecular complexity index is 464. The molecule has 2 rings (SSSR count). The predicted octanol–water partition coefficient (Wildman–Crippen LogP) is 1.50. The summed E-state index contributed by atoms with van der Waals surface area (Å²) in [6.45, 7) is 1.74. The first kappa shape index (κ1) is 14.9. The summed E-state index contributed by atoms with van der Waals surface area (Å²) in [7, 11) is 0. The Labute approximate surface area is 127 Å². The zero-order chi connectivity index (χ0) is 14.2. The van der Waals surface area contributed by atoms with E-state index in [2.05, 4.69) is 37.2 Å². The van der Waals surface area contributed by atoms with Crippen LogP contribution in [0, 0.1) is 0 Å². The van der Waals surface area contributed by atoms with Gasteiger partial charge in [-0.05, 0) is 44.0 Å². The second kappa shape index (κ2) is 5.47. The number of ketones is 1. The van der Waals surface area contributed by atoms with Gasteiger partial charge in [0.05, 0.1) is 15.0 Å². The predicted molar refractivity (Wildman–Crippen MR) is 75.7 cm³/mol. The maximum Gasteiger partial charge on any atom is 0.220 e. The molecule has 2 N–H and O–H groups in total. The number of allylic oxidation sites excluding steroid dienone is 2. The summed E-state index contributed by atoms with van der Waals surface area (Å²) in [5.74, 6) is -0.326. The van der Waals surface area contributed by atoms with E-state index in [0.717, 1.165) is 0 Å². The number of nitrogens with one attached hydrogen (secondary N) is 1. The normalized spacial score (nSPS) is 29.2. The van der Waals surface area contributed by atoms with Crippen LogP contribution in [0.25, 0.3) is 0 Å². The van der Waals surface area contributed by atoms with Crippen LogP contribution in [0.2, 0.25) is 0 Å². The van der Waals surface area contributed by atoms with Crippen LogP contribution in [-0.2, 0) is 14.3 Å². The first-order chi connectivity index (χ1) is 8.87. The minimum Gasteiger partial charge on any atom is -0.366 e. The van der Waals surface area contributed by atoms with Crippen LogP contribution in [0.4, 0.5) is 0 Å². The molecule has 7 heteroatoms. The average Bonchev–Trinajstić information content (AvgIpc) is 2.62. The standard InChI is InChI=1S/C12H13Br2NO4/c1-2-9(16)15-8-5-12(19-11(8)18)3-6(13)10(17)7(14)4-12/h3-4,8,11,18H,2,5H2,1H3,(H,15,16). The molecule has 0 aromatic rings. The summed E-state index contributed by atoms with van der Waals surface area (Å²) >= 11 is 6.35. The Morgan fingerprint density at radius 1 is 1.53 bits per heavy atom. The molecule has 1 saturated heterocycles. The Kier molecular flexibility index (Phi) is 4.29. The molecule has 104 valence electrons. The van der Waals surface area contributed by atoms with E-state index in [9.17, 15) is 14.7 Å². The van der Waals surface area contributed by atoms with Gasteiger partial charge < -0.3 is 15.2 Å². The number of carbonyl (C=O) groups is 2. The van der Waals surface area contributed by atoms with Crippen molar-refractivity contribution in [3.63, 3.8) is 0 Å². The molecule has 1 fully saturated rings. The molecule has 1 amide bonds. The van der Waals surface area contributed by atoms with E-state index in [1.54, 1.807) is 19.1 Å². The molecule has 2 aliphatic rings. The fraction of sp³-hybridized carbons (Fsp3) is 0.500. The minimum atomic E-state index is -1.10. The van der Waals surface area contributed by atoms with Gasteiger partial charge in [0.1, 0.15) is 5.60 Å². The maximum atomic E-state index is 11.6. The number of aliphatic hydroxyl groups excluding tert-OH is 1. The van der Waals surface area contributed by atoms with Crippen molar-refractivity contribution in [3.05, 3.63) is 21.1 Å². The van der Waals surface area contributed by atoms with Crippen molar-refractivity contribution in [2.75, 3.05) is 0 Å². The van der Waals surface area contributed by atoms with Gasteiger partial charge in [0, 0.05) is 12.8 Å². The van der Waals surface area contributed by atoms with E-state index in [-0.39, 0.29) is 11.7 Å². The topological polar surface area (TPSA) is 75.6 Å². The van der Waals surface area contributed by atoms with Crippen molar-refractivity contribution < 1.29 is 19.4 Å². The Balaban J connectivity index is 2.20. The average molecular weight is 395 g/mol. The molecule has 1 heterocycles. The third-order valence-corrected chi connectivity index (χ3v) is 4.24. The Hall–Kier alpha value is -0.500. The summed E-state index contributed by atoms with van der Waals surface area (Å²) < 4.78 is 6.26. The molecule has 0 aromatic heterocycles. The van der Waals surface area contributed by atoms with Crippen molar-refractivity contribution >= 4 is 43.6 Å². The van der Waals surface area contributed by atoms with E-state index in [4.69, 9.17) is 4.74 Å². The summed E-state index contributed by atoms with van der Waals surface area (Å²) in [6, 6.07) is -0.492. The van der Waals surface area contributed by atoms with Crippen LogP contribution in [0.3, 0.4) is 0 Å². The number of amides is 1. The van der Waals surface area contributed by atoms with Crippen molar-refractivity contribution in [2.24, 2.45) is 0 Å². The highest BCUT2D eigenvalue weighted by atomic mass is 79.9. The number of hydrogen-bond donors (Lipinski definition) is 2. The molecular weight excluding hydrogens is 382 g/mol. The quantitative estimate of drug-likeness (QED) is 0.744. The summed E-state index contributed by atoms with van der Waals surface area (Å²) in [5.41, 5.74) is -0.878. The first-order valence-electron chi connectivity index (χ1n) is 5.83. The molecule has 0 aromatic carbocycles. The zero-order valence-electron chi connectivity index (χ0n) is 10.2. The molecule has 0 bridgehead atoms. The number of halogens is 2. The summed E-state index contributed by atoms with van der Waals surface area (Å²) in [5, 5.41) is 12.6. The highest BCUT2D eigenvalue weighted by Gasteiger charge is 2.46. The van der Waals surface area contributed by atoms with Gasteiger partial charge in [-0.1, -0.05) is 6.92 Å². The maximum absolute atomic E-state index is 11.6. The lowest BCUT2D eigenvalue weighted by Gasteiger charge is -2.25. The fourth-order valence-corrected chi connectivity index (χ4v) is 3.60. The zero-order valence-corrected chi connectivity index (χ0v) is 13.3. The van der Waals surface area contributed by atoms with Gasteiger partial charge in [-0.2, -0.15) is 0 Å². The number of ether oxygens (including phenoxy) is 1. The van der Waals surface area contributed by atoms with Gasteiger partial charge in [-0.15, -0.1) is 0 Å². The van der Waals surface area contributed by atoms with Crippen molar-refractivity contribution in [1.29, 1.82) is 0 Å². The summed E-state index contributed by atoms with van der Waals surface area (Å²) in [4.78, 5) is 23.0. The highest BCUT2D eigenvalue weighted by molar-refractivity contribution is 9.13. The van der Waals surface area contributed by atoms with Gasteiger partial charge in [0.2, 0.25) is 11.7 Å². The monoisotopic (exact) mass is 393 g/mol. The number of hydrogen-bond acceptors (Lipinski definition) is 4. The summed E-state index contributed by atoms with van der Waals surface area (Å²) in [6.07, 6.45) is 2.84. The van der Waals surface area contributed by atoms with Gasteiger partial charge in [0.25, 0.3) is 0 Å². The van der Waals surface area contributed by atoms with E-state index in [0.29, 0.717) is 21.8 Å². The van der Waals surface area contributed by atoms with Gasteiger partial charge in [-0.25, -0.2) is 0 Å². The van der Waals surface area contributed by atoms with E-state index < -0.39 is 17.9 Å². The number of aliphatic hydroxyl groups is 1. The smallest absolute Gasteiger partial charge is 0.220 e. The molecular formula is C12H13Br2NO4.